The fourth-order valence-electron chi connectivity index (χ4n) is 2.90. The van der Waals surface area contributed by atoms with Gasteiger partial charge in [-0.15, -0.1) is 11.4 Å². The van der Waals surface area contributed by atoms with Crippen molar-refractivity contribution in [2.75, 3.05) is 0 Å². The maximum Gasteiger partial charge on any atom is 2.00 e. The first-order valence-corrected chi connectivity index (χ1v) is 9.48. The first-order chi connectivity index (χ1) is 13.4. The van der Waals surface area contributed by atoms with Crippen molar-refractivity contribution in [2.45, 2.75) is 19.3 Å². The van der Waals surface area contributed by atoms with Crippen LogP contribution in [0.15, 0.2) is 53.9 Å². The van der Waals surface area contributed by atoms with E-state index in [-0.39, 0.29) is 26.6 Å². The van der Waals surface area contributed by atoms with E-state index in [1.165, 1.54) is 0 Å². The molecule has 0 aliphatic heterocycles. The third kappa shape index (κ3) is 4.34. The van der Waals surface area contributed by atoms with Crippen LogP contribution in [-0.2, 0) is 26.5 Å². The van der Waals surface area contributed by atoms with Crippen molar-refractivity contribution in [2.24, 2.45) is 0 Å². The van der Waals surface area contributed by atoms with Gasteiger partial charge in [0, 0.05) is 16.8 Å². The van der Waals surface area contributed by atoms with Crippen LogP contribution in [0.2, 0.25) is 0 Å². The molecule has 4 aromatic heterocycles. The Bertz CT molecular complexity index is 1130. The SMILES string of the molecule is CC(C)(c1cccc(-c2[c-]ccs2)n1)c1cccc(-c2[c-]cc(F)nc2F)n1.[Pt+2]. The van der Waals surface area contributed by atoms with E-state index >= 15 is 0 Å². The van der Waals surface area contributed by atoms with E-state index in [0.717, 1.165) is 22.3 Å². The summed E-state index contributed by atoms with van der Waals surface area (Å²) in [5, 5.41) is 1.96. The van der Waals surface area contributed by atoms with E-state index in [2.05, 4.69) is 22.1 Å². The van der Waals surface area contributed by atoms with Crippen LogP contribution >= 0.6 is 11.3 Å². The predicted molar refractivity (Wildman–Crippen MR) is 105 cm³/mol. The van der Waals surface area contributed by atoms with E-state index in [9.17, 15) is 8.78 Å². The van der Waals surface area contributed by atoms with Crippen LogP contribution in [0.1, 0.15) is 25.2 Å². The van der Waals surface area contributed by atoms with Crippen molar-refractivity contribution in [1.29, 1.82) is 0 Å². The van der Waals surface area contributed by atoms with Gasteiger partial charge in [-0.05, 0) is 37.4 Å². The third-order valence-electron chi connectivity index (χ3n) is 4.48. The third-order valence-corrected chi connectivity index (χ3v) is 5.32. The quantitative estimate of drug-likeness (QED) is 0.235. The Labute approximate surface area is 186 Å². The molecule has 0 N–H and O–H groups in total. The fourth-order valence-corrected chi connectivity index (χ4v) is 3.54. The van der Waals surface area contributed by atoms with Crippen molar-refractivity contribution >= 4 is 11.3 Å². The van der Waals surface area contributed by atoms with Crippen LogP contribution < -0.4 is 0 Å². The minimum Gasteiger partial charge on any atom is -0.314 e. The second-order valence-corrected chi connectivity index (χ2v) is 7.64. The zero-order valence-electron chi connectivity index (χ0n) is 15.5. The van der Waals surface area contributed by atoms with Gasteiger partial charge in [-0.1, -0.05) is 40.8 Å². The molecular weight excluding hydrogens is 571 g/mol. The molecule has 4 aromatic rings. The average molecular weight is 587 g/mol. The van der Waals surface area contributed by atoms with Gasteiger partial charge in [-0.3, -0.25) is 4.98 Å². The molecule has 29 heavy (non-hydrogen) atoms. The monoisotopic (exact) mass is 586 g/mol. The summed E-state index contributed by atoms with van der Waals surface area (Å²) in [5.41, 5.74) is 2.24. The summed E-state index contributed by atoms with van der Waals surface area (Å²) in [5.74, 6) is -1.85. The fraction of sp³-hybridized carbons (Fsp3) is 0.136. The normalized spacial score (nSPS) is 11.2. The summed E-state index contributed by atoms with van der Waals surface area (Å²) in [6.45, 7) is 4.01. The predicted octanol–water partition coefficient (Wildman–Crippen LogP) is 5.47. The molecule has 3 nitrogen and oxygen atoms in total. The van der Waals surface area contributed by atoms with E-state index in [4.69, 9.17) is 4.98 Å². The van der Waals surface area contributed by atoms with Gasteiger partial charge in [0.25, 0.3) is 0 Å². The second kappa shape index (κ2) is 8.60. The Hall–Kier alpha value is -2.30. The van der Waals surface area contributed by atoms with Crippen LogP contribution in [0, 0.1) is 24.0 Å². The Morgan fingerprint density at radius 1 is 0.897 bits per heavy atom. The van der Waals surface area contributed by atoms with Gasteiger partial charge >= 0.3 is 21.1 Å². The van der Waals surface area contributed by atoms with E-state index in [0.29, 0.717) is 11.4 Å². The summed E-state index contributed by atoms with van der Waals surface area (Å²) in [6, 6.07) is 19.8. The summed E-state index contributed by atoms with van der Waals surface area (Å²) in [7, 11) is 0. The smallest absolute Gasteiger partial charge is 0.314 e. The number of pyridine rings is 3. The standard InChI is InChI=1S/C22H15F2N3S.Pt/c1-22(2,19-10-4-7-16(26-19)17-8-5-13-28-17)18-9-3-6-15(25-18)14-11-12-20(23)27-21(14)24;/h3-7,9-10,12-13H,1-2H3;/q-2;+2. The largest absolute Gasteiger partial charge is 2.00 e. The number of thiophene rings is 1. The summed E-state index contributed by atoms with van der Waals surface area (Å²) in [6.07, 6.45) is 0. The van der Waals surface area contributed by atoms with Gasteiger partial charge in [-0.25, -0.2) is 20.1 Å². The summed E-state index contributed by atoms with van der Waals surface area (Å²) in [4.78, 5) is 13.6. The molecule has 0 saturated carbocycles. The van der Waals surface area contributed by atoms with Gasteiger partial charge < -0.3 is 9.97 Å². The Morgan fingerprint density at radius 2 is 1.55 bits per heavy atom. The van der Waals surface area contributed by atoms with Gasteiger partial charge in [0.1, 0.15) is 11.9 Å². The molecule has 0 aliphatic rings. The number of halogens is 2. The summed E-state index contributed by atoms with van der Waals surface area (Å²) >= 11 is 1.58. The number of hydrogen-bond acceptors (Lipinski definition) is 4. The zero-order chi connectivity index (χ0) is 19.7. The van der Waals surface area contributed by atoms with Crippen molar-refractivity contribution in [1.82, 2.24) is 15.0 Å². The van der Waals surface area contributed by atoms with Crippen LogP contribution in [-0.4, -0.2) is 15.0 Å². The Balaban J connectivity index is 0.00000240. The first-order valence-electron chi connectivity index (χ1n) is 8.60. The van der Waals surface area contributed by atoms with E-state index < -0.39 is 17.3 Å². The molecule has 4 heterocycles. The van der Waals surface area contributed by atoms with Gasteiger partial charge in [0.2, 0.25) is 0 Å². The molecule has 0 radical (unpaired) electrons. The second-order valence-electron chi connectivity index (χ2n) is 6.72. The molecule has 0 aliphatic carbocycles. The van der Waals surface area contributed by atoms with Crippen molar-refractivity contribution in [3.63, 3.8) is 0 Å². The number of rotatable bonds is 4. The zero-order valence-corrected chi connectivity index (χ0v) is 18.6. The topological polar surface area (TPSA) is 38.7 Å². The molecular formula is C22H15F2N3PtS. The Kier molecular flexibility index (Phi) is 6.35. The molecule has 0 bridgehead atoms. The number of aromatic nitrogens is 3. The van der Waals surface area contributed by atoms with Crippen molar-refractivity contribution in [3.8, 4) is 21.8 Å². The minimum absolute atomic E-state index is 0. The van der Waals surface area contributed by atoms with Gasteiger partial charge in [0.05, 0.1) is 0 Å². The number of nitrogens with zero attached hydrogens (tertiary/aromatic N) is 3. The van der Waals surface area contributed by atoms with Gasteiger partial charge in [-0.2, -0.15) is 12.1 Å². The first kappa shape index (κ1) is 21.4. The minimum atomic E-state index is -0.934. The molecule has 0 saturated heterocycles. The number of hydrogen-bond donors (Lipinski definition) is 0. The molecule has 148 valence electrons. The van der Waals surface area contributed by atoms with Crippen molar-refractivity contribution in [3.05, 3.63) is 89.3 Å². The van der Waals surface area contributed by atoms with Crippen LogP contribution in [0.5, 0.6) is 0 Å². The molecule has 7 heteroatoms. The molecule has 0 spiro atoms. The van der Waals surface area contributed by atoms with E-state index in [1.54, 1.807) is 23.5 Å². The van der Waals surface area contributed by atoms with E-state index in [1.807, 2.05) is 49.6 Å². The van der Waals surface area contributed by atoms with Gasteiger partial charge in [0.15, 0.2) is 0 Å². The van der Waals surface area contributed by atoms with Crippen LogP contribution in [0.4, 0.5) is 8.78 Å². The molecule has 0 unspecified atom stereocenters. The molecule has 0 amide bonds. The summed E-state index contributed by atoms with van der Waals surface area (Å²) < 4.78 is 27.2. The molecule has 4 rings (SSSR count). The average Bonchev–Trinajstić information content (AvgIpc) is 3.23. The molecule has 0 fully saturated rings. The molecule has 0 aromatic carbocycles. The Morgan fingerprint density at radius 3 is 2.17 bits per heavy atom. The molecule has 0 atom stereocenters. The van der Waals surface area contributed by atoms with Crippen LogP contribution in [0.3, 0.4) is 0 Å². The maximum atomic E-state index is 14.1. The maximum absolute atomic E-state index is 14.1. The van der Waals surface area contributed by atoms with Crippen molar-refractivity contribution < 1.29 is 29.8 Å². The van der Waals surface area contributed by atoms with Crippen LogP contribution in [0.25, 0.3) is 21.8 Å².